The molecule has 0 bridgehead atoms. The lowest BCUT2D eigenvalue weighted by Gasteiger charge is -2.12. The molecule has 0 unspecified atom stereocenters. The summed E-state index contributed by atoms with van der Waals surface area (Å²) in [7, 11) is 0. The molecule has 3 amide bonds. The highest BCUT2D eigenvalue weighted by molar-refractivity contribution is 9.10. The van der Waals surface area contributed by atoms with Gasteiger partial charge in [-0.3, -0.25) is 25.2 Å². The lowest BCUT2D eigenvalue weighted by atomic mass is 10.1. The SMILES string of the molecule is CCCC(=O)Nc1ccc(C(=O)NNC(=O)c2ccc(OCCC(C)C)c(Br)c2)cc1. The highest BCUT2D eigenvalue weighted by Gasteiger charge is 2.12. The fourth-order valence-corrected chi connectivity index (χ4v) is 3.07. The summed E-state index contributed by atoms with van der Waals surface area (Å²) >= 11 is 3.41. The van der Waals surface area contributed by atoms with Crippen molar-refractivity contribution >= 4 is 39.3 Å². The van der Waals surface area contributed by atoms with Crippen LogP contribution in [0.1, 0.15) is 60.7 Å². The summed E-state index contributed by atoms with van der Waals surface area (Å²) in [5.41, 5.74) is 6.12. The van der Waals surface area contributed by atoms with E-state index in [0.717, 1.165) is 12.8 Å². The maximum Gasteiger partial charge on any atom is 0.269 e. The van der Waals surface area contributed by atoms with Crippen molar-refractivity contribution in [2.75, 3.05) is 11.9 Å². The molecule has 0 aliphatic rings. The number of carbonyl (C=O) groups is 3. The van der Waals surface area contributed by atoms with Gasteiger partial charge in [0.05, 0.1) is 11.1 Å². The van der Waals surface area contributed by atoms with Crippen LogP contribution in [0.15, 0.2) is 46.9 Å². The number of rotatable bonds is 9. The van der Waals surface area contributed by atoms with Crippen LogP contribution in [0.4, 0.5) is 5.69 Å². The first-order valence-corrected chi connectivity index (χ1v) is 11.0. The third kappa shape index (κ3) is 8.05. The Kier molecular flexibility index (Phi) is 9.52. The first kappa shape index (κ1) is 24.4. The number of nitrogens with one attached hydrogen (secondary N) is 3. The Hall–Kier alpha value is -2.87. The molecular formula is C23H28BrN3O4. The van der Waals surface area contributed by atoms with Crippen LogP contribution in [0.3, 0.4) is 0 Å². The van der Waals surface area contributed by atoms with Gasteiger partial charge in [0.1, 0.15) is 5.75 Å². The van der Waals surface area contributed by atoms with Crippen LogP contribution in [-0.4, -0.2) is 24.3 Å². The van der Waals surface area contributed by atoms with Crippen LogP contribution in [-0.2, 0) is 4.79 Å². The molecule has 8 heteroatoms. The fraction of sp³-hybridized carbons (Fsp3) is 0.348. The van der Waals surface area contributed by atoms with Crippen molar-refractivity contribution in [3.8, 4) is 5.75 Å². The highest BCUT2D eigenvalue weighted by atomic mass is 79.9. The van der Waals surface area contributed by atoms with Gasteiger partial charge in [-0.1, -0.05) is 20.8 Å². The molecule has 2 rings (SSSR count). The Morgan fingerprint density at radius 1 is 0.968 bits per heavy atom. The summed E-state index contributed by atoms with van der Waals surface area (Å²) < 4.78 is 6.37. The molecule has 0 radical (unpaired) electrons. The zero-order valence-electron chi connectivity index (χ0n) is 18.0. The number of hydrazine groups is 1. The summed E-state index contributed by atoms with van der Waals surface area (Å²) in [5, 5.41) is 2.75. The van der Waals surface area contributed by atoms with Gasteiger partial charge in [-0.25, -0.2) is 0 Å². The van der Waals surface area contributed by atoms with E-state index in [9.17, 15) is 14.4 Å². The Balaban J connectivity index is 1.88. The topological polar surface area (TPSA) is 96.5 Å². The first-order chi connectivity index (χ1) is 14.8. The van der Waals surface area contributed by atoms with Gasteiger partial charge < -0.3 is 10.1 Å². The number of ether oxygens (including phenoxy) is 1. The van der Waals surface area contributed by atoms with E-state index in [-0.39, 0.29) is 5.91 Å². The van der Waals surface area contributed by atoms with Gasteiger partial charge in [-0.2, -0.15) is 0 Å². The molecule has 0 aliphatic heterocycles. The number of hydrogen-bond donors (Lipinski definition) is 3. The van der Waals surface area contributed by atoms with Crippen molar-refractivity contribution in [2.24, 2.45) is 5.92 Å². The summed E-state index contributed by atoms with van der Waals surface area (Å²) in [6, 6.07) is 11.4. The molecular weight excluding hydrogens is 462 g/mol. The second-order valence-corrected chi connectivity index (χ2v) is 8.31. The second-order valence-electron chi connectivity index (χ2n) is 7.46. The van der Waals surface area contributed by atoms with Crippen LogP contribution < -0.4 is 20.9 Å². The van der Waals surface area contributed by atoms with Gasteiger partial charge in [0.25, 0.3) is 11.8 Å². The van der Waals surface area contributed by atoms with E-state index in [2.05, 4.69) is 45.9 Å². The molecule has 0 saturated heterocycles. The van der Waals surface area contributed by atoms with Crippen molar-refractivity contribution in [3.05, 3.63) is 58.1 Å². The molecule has 3 N–H and O–H groups in total. The summed E-state index contributed by atoms with van der Waals surface area (Å²) in [5.74, 6) is 0.212. The normalized spacial score (nSPS) is 10.5. The first-order valence-electron chi connectivity index (χ1n) is 10.2. The minimum atomic E-state index is -0.465. The summed E-state index contributed by atoms with van der Waals surface area (Å²) in [6.07, 6.45) is 2.14. The molecule has 2 aromatic carbocycles. The van der Waals surface area contributed by atoms with Gasteiger partial charge in [-0.05, 0) is 77.2 Å². The molecule has 0 spiro atoms. The Bertz CT molecular complexity index is 914. The molecule has 0 heterocycles. The average Bonchev–Trinajstić information content (AvgIpc) is 2.73. The van der Waals surface area contributed by atoms with Crippen molar-refractivity contribution in [2.45, 2.75) is 40.0 Å². The number of halogens is 1. The standard InChI is InChI=1S/C23H28BrN3O4/c1-4-5-21(28)25-18-9-6-16(7-10-18)22(29)26-27-23(30)17-8-11-20(19(24)14-17)31-13-12-15(2)3/h6-11,14-15H,4-5,12-13H2,1-3H3,(H,25,28)(H,26,29)(H,27,30). The molecule has 7 nitrogen and oxygen atoms in total. The van der Waals surface area contributed by atoms with Crippen LogP contribution in [0, 0.1) is 5.92 Å². The maximum atomic E-state index is 12.3. The van der Waals surface area contributed by atoms with E-state index in [4.69, 9.17) is 4.74 Å². The Morgan fingerprint density at radius 2 is 1.58 bits per heavy atom. The zero-order chi connectivity index (χ0) is 22.8. The number of anilines is 1. The van der Waals surface area contributed by atoms with Crippen molar-refractivity contribution in [1.29, 1.82) is 0 Å². The predicted molar refractivity (Wildman–Crippen MR) is 124 cm³/mol. The quantitative estimate of drug-likeness (QED) is 0.445. The summed E-state index contributed by atoms with van der Waals surface area (Å²) in [6.45, 7) is 6.77. The van der Waals surface area contributed by atoms with Crippen molar-refractivity contribution in [3.63, 3.8) is 0 Å². The third-order valence-electron chi connectivity index (χ3n) is 4.34. The van der Waals surface area contributed by atoms with E-state index in [1.807, 2.05) is 6.92 Å². The third-order valence-corrected chi connectivity index (χ3v) is 4.96. The molecule has 0 saturated carbocycles. The lowest BCUT2D eigenvalue weighted by Crippen LogP contribution is -2.41. The minimum Gasteiger partial charge on any atom is -0.492 e. The largest absolute Gasteiger partial charge is 0.492 e. The van der Waals surface area contributed by atoms with E-state index in [1.54, 1.807) is 42.5 Å². The van der Waals surface area contributed by atoms with E-state index in [1.165, 1.54) is 0 Å². The van der Waals surface area contributed by atoms with Crippen molar-refractivity contribution < 1.29 is 19.1 Å². The molecule has 0 fully saturated rings. The van der Waals surface area contributed by atoms with E-state index < -0.39 is 11.8 Å². The molecule has 0 aliphatic carbocycles. The zero-order valence-corrected chi connectivity index (χ0v) is 19.5. The van der Waals surface area contributed by atoms with Crippen LogP contribution in [0.5, 0.6) is 5.75 Å². The van der Waals surface area contributed by atoms with Gasteiger partial charge in [0, 0.05) is 23.2 Å². The number of hydrogen-bond acceptors (Lipinski definition) is 4. The predicted octanol–water partition coefficient (Wildman–Crippen LogP) is 4.69. The van der Waals surface area contributed by atoms with Gasteiger partial charge in [-0.15, -0.1) is 0 Å². The number of benzene rings is 2. The molecule has 0 aromatic heterocycles. The van der Waals surface area contributed by atoms with E-state index >= 15 is 0 Å². The lowest BCUT2D eigenvalue weighted by molar-refractivity contribution is -0.116. The number of amides is 3. The van der Waals surface area contributed by atoms with Crippen LogP contribution in [0.2, 0.25) is 0 Å². The van der Waals surface area contributed by atoms with Gasteiger partial charge in [0.2, 0.25) is 5.91 Å². The van der Waals surface area contributed by atoms with Gasteiger partial charge >= 0.3 is 0 Å². The van der Waals surface area contributed by atoms with Gasteiger partial charge in [0.15, 0.2) is 0 Å². The molecule has 166 valence electrons. The molecule has 31 heavy (non-hydrogen) atoms. The number of carbonyl (C=O) groups excluding carboxylic acids is 3. The second kappa shape index (κ2) is 12.1. The van der Waals surface area contributed by atoms with Crippen LogP contribution >= 0.6 is 15.9 Å². The summed E-state index contributed by atoms with van der Waals surface area (Å²) in [4.78, 5) is 36.2. The highest BCUT2D eigenvalue weighted by Crippen LogP contribution is 2.26. The smallest absolute Gasteiger partial charge is 0.269 e. The average molecular weight is 490 g/mol. The Labute approximate surface area is 191 Å². The molecule has 2 aromatic rings. The van der Waals surface area contributed by atoms with Crippen molar-refractivity contribution in [1.82, 2.24) is 10.9 Å². The van der Waals surface area contributed by atoms with E-state index in [0.29, 0.717) is 46.0 Å². The molecule has 0 atom stereocenters. The minimum absolute atomic E-state index is 0.0746. The Morgan fingerprint density at radius 3 is 2.16 bits per heavy atom. The maximum absolute atomic E-state index is 12.3. The monoisotopic (exact) mass is 489 g/mol. The fourth-order valence-electron chi connectivity index (χ4n) is 2.58. The van der Waals surface area contributed by atoms with Crippen LogP contribution in [0.25, 0.3) is 0 Å².